The number of benzene rings is 1. The van der Waals surface area contributed by atoms with E-state index in [-0.39, 0.29) is 17.6 Å². The molecule has 1 N–H and O–H groups in total. The standard InChI is InChI=1S/C16H23FN2O/c1-12(10-18-2)16(20)19-8-7-14(11-19)9-13-3-5-15(17)6-4-13/h3-6,12,14,18H,7-11H2,1-2H3. The van der Waals surface area contributed by atoms with Crippen molar-refractivity contribution >= 4 is 5.91 Å². The van der Waals surface area contributed by atoms with E-state index in [1.54, 1.807) is 0 Å². The van der Waals surface area contributed by atoms with Crippen molar-refractivity contribution in [3.05, 3.63) is 35.6 Å². The molecule has 0 aromatic heterocycles. The fourth-order valence-corrected chi connectivity index (χ4v) is 2.86. The molecule has 2 atom stereocenters. The van der Waals surface area contributed by atoms with Crippen LogP contribution in [0.2, 0.25) is 0 Å². The Balaban J connectivity index is 1.86. The Bertz CT molecular complexity index is 446. The number of halogens is 1. The van der Waals surface area contributed by atoms with Gasteiger partial charge < -0.3 is 10.2 Å². The van der Waals surface area contributed by atoms with Gasteiger partial charge in [0.15, 0.2) is 0 Å². The molecule has 0 saturated carbocycles. The second-order valence-corrected chi connectivity index (χ2v) is 5.73. The lowest BCUT2D eigenvalue weighted by Gasteiger charge is -2.21. The summed E-state index contributed by atoms with van der Waals surface area (Å²) >= 11 is 0. The van der Waals surface area contributed by atoms with Crippen LogP contribution < -0.4 is 5.32 Å². The van der Waals surface area contributed by atoms with Gasteiger partial charge in [-0.2, -0.15) is 0 Å². The third kappa shape index (κ3) is 3.79. The number of carbonyl (C=O) groups excluding carboxylic acids is 1. The fraction of sp³-hybridized carbons (Fsp3) is 0.562. The van der Waals surface area contributed by atoms with Gasteiger partial charge in [0, 0.05) is 25.6 Å². The summed E-state index contributed by atoms with van der Waals surface area (Å²) in [6.45, 7) is 4.35. The molecule has 1 aliphatic rings. The van der Waals surface area contributed by atoms with E-state index in [2.05, 4.69) is 5.32 Å². The Morgan fingerprint density at radius 3 is 2.80 bits per heavy atom. The predicted octanol–water partition coefficient (Wildman–Crippen LogP) is 2.07. The number of amides is 1. The number of hydrogen-bond acceptors (Lipinski definition) is 2. The molecule has 1 fully saturated rings. The number of rotatable bonds is 5. The van der Waals surface area contributed by atoms with Crippen LogP contribution in [0.4, 0.5) is 4.39 Å². The van der Waals surface area contributed by atoms with Crippen LogP contribution in [0.25, 0.3) is 0 Å². The lowest BCUT2D eigenvalue weighted by atomic mass is 9.99. The van der Waals surface area contributed by atoms with Gasteiger partial charge in [0.1, 0.15) is 5.82 Å². The van der Waals surface area contributed by atoms with Crippen LogP contribution in [0.3, 0.4) is 0 Å². The van der Waals surface area contributed by atoms with Crippen LogP contribution in [0.15, 0.2) is 24.3 Å². The van der Waals surface area contributed by atoms with Gasteiger partial charge in [-0.15, -0.1) is 0 Å². The maximum atomic E-state index is 12.9. The van der Waals surface area contributed by atoms with Crippen LogP contribution in [0.1, 0.15) is 18.9 Å². The lowest BCUT2D eigenvalue weighted by molar-refractivity contribution is -0.133. The molecule has 1 heterocycles. The lowest BCUT2D eigenvalue weighted by Crippen LogP contribution is -2.37. The normalized spacial score (nSPS) is 20.1. The van der Waals surface area contributed by atoms with Crippen LogP contribution in [-0.4, -0.2) is 37.5 Å². The summed E-state index contributed by atoms with van der Waals surface area (Å²) in [5.41, 5.74) is 1.15. The smallest absolute Gasteiger partial charge is 0.226 e. The average Bonchev–Trinajstić information content (AvgIpc) is 2.89. The molecular formula is C16H23FN2O. The van der Waals surface area contributed by atoms with Crippen molar-refractivity contribution in [2.45, 2.75) is 19.8 Å². The van der Waals surface area contributed by atoms with Crippen LogP contribution >= 0.6 is 0 Å². The summed E-state index contributed by atoms with van der Waals surface area (Å²) in [4.78, 5) is 14.2. The fourth-order valence-electron chi connectivity index (χ4n) is 2.86. The van der Waals surface area contributed by atoms with Crippen molar-refractivity contribution < 1.29 is 9.18 Å². The van der Waals surface area contributed by atoms with Gasteiger partial charge in [-0.1, -0.05) is 19.1 Å². The van der Waals surface area contributed by atoms with Gasteiger partial charge in [-0.05, 0) is 43.5 Å². The minimum absolute atomic E-state index is 0.0320. The molecule has 20 heavy (non-hydrogen) atoms. The van der Waals surface area contributed by atoms with Crippen molar-refractivity contribution in [2.75, 3.05) is 26.7 Å². The van der Waals surface area contributed by atoms with E-state index in [9.17, 15) is 9.18 Å². The molecule has 4 heteroatoms. The number of carbonyl (C=O) groups is 1. The zero-order chi connectivity index (χ0) is 14.5. The summed E-state index contributed by atoms with van der Waals surface area (Å²) in [6, 6.07) is 6.68. The zero-order valence-electron chi connectivity index (χ0n) is 12.2. The van der Waals surface area contributed by atoms with Gasteiger partial charge >= 0.3 is 0 Å². The highest BCUT2D eigenvalue weighted by atomic mass is 19.1. The molecule has 1 amide bonds. The average molecular weight is 278 g/mol. The zero-order valence-corrected chi connectivity index (χ0v) is 12.2. The highest BCUT2D eigenvalue weighted by Gasteiger charge is 2.28. The molecule has 1 aliphatic heterocycles. The molecule has 2 unspecified atom stereocenters. The van der Waals surface area contributed by atoms with Crippen LogP contribution in [0, 0.1) is 17.7 Å². The molecule has 3 nitrogen and oxygen atoms in total. The van der Waals surface area contributed by atoms with E-state index < -0.39 is 0 Å². The van der Waals surface area contributed by atoms with Gasteiger partial charge in [0.25, 0.3) is 0 Å². The van der Waals surface area contributed by atoms with Gasteiger partial charge in [-0.3, -0.25) is 4.79 Å². The summed E-state index contributed by atoms with van der Waals surface area (Å²) < 4.78 is 12.9. The predicted molar refractivity (Wildman–Crippen MR) is 77.9 cm³/mol. The maximum absolute atomic E-state index is 12.9. The molecular weight excluding hydrogens is 255 g/mol. The molecule has 110 valence electrons. The summed E-state index contributed by atoms with van der Waals surface area (Å²) in [7, 11) is 1.87. The first kappa shape index (κ1) is 15.0. The molecule has 1 aromatic rings. The summed E-state index contributed by atoms with van der Waals surface area (Å²) in [5, 5.41) is 3.05. The molecule has 2 rings (SSSR count). The van der Waals surface area contributed by atoms with E-state index in [1.165, 1.54) is 12.1 Å². The number of likely N-dealkylation sites (tertiary alicyclic amines) is 1. The first-order valence-electron chi connectivity index (χ1n) is 7.28. The Morgan fingerprint density at radius 2 is 2.15 bits per heavy atom. The quantitative estimate of drug-likeness (QED) is 0.894. The van der Waals surface area contributed by atoms with Gasteiger partial charge in [0.05, 0.1) is 0 Å². The highest BCUT2D eigenvalue weighted by molar-refractivity contribution is 5.79. The largest absolute Gasteiger partial charge is 0.342 e. The van der Waals surface area contributed by atoms with Gasteiger partial charge in [0.2, 0.25) is 5.91 Å². The van der Waals surface area contributed by atoms with Crippen molar-refractivity contribution in [3.63, 3.8) is 0 Å². The molecule has 0 aliphatic carbocycles. The second-order valence-electron chi connectivity index (χ2n) is 5.73. The third-order valence-corrected chi connectivity index (χ3v) is 3.97. The summed E-state index contributed by atoms with van der Waals surface area (Å²) in [6.07, 6.45) is 1.96. The SMILES string of the molecule is CNCC(C)C(=O)N1CCC(Cc2ccc(F)cc2)C1. The summed E-state index contributed by atoms with van der Waals surface area (Å²) in [5.74, 6) is 0.564. The molecule has 1 aromatic carbocycles. The first-order chi connectivity index (χ1) is 9.60. The van der Waals surface area contributed by atoms with Crippen molar-refractivity contribution in [1.29, 1.82) is 0 Å². The Labute approximate surface area is 120 Å². The minimum Gasteiger partial charge on any atom is -0.342 e. The Kier molecular flexibility index (Phi) is 5.12. The number of nitrogens with one attached hydrogen (secondary N) is 1. The third-order valence-electron chi connectivity index (χ3n) is 3.97. The second kappa shape index (κ2) is 6.84. The highest BCUT2D eigenvalue weighted by Crippen LogP contribution is 2.22. The van der Waals surface area contributed by atoms with E-state index in [1.807, 2.05) is 31.0 Å². The van der Waals surface area contributed by atoms with E-state index >= 15 is 0 Å². The molecule has 0 radical (unpaired) electrons. The number of hydrogen-bond donors (Lipinski definition) is 1. The maximum Gasteiger partial charge on any atom is 0.226 e. The molecule has 0 spiro atoms. The Morgan fingerprint density at radius 1 is 1.45 bits per heavy atom. The van der Waals surface area contributed by atoms with E-state index in [0.29, 0.717) is 5.92 Å². The van der Waals surface area contributed by atoms with E-state index in [0.717, 1.165) is 38.0 Å². The first-order valence-corrected chi connectivity index (χ1v) is 7.28. The topological polar surface area (TPSA) is 32.3 Å². The van der Waals surface area contributed by atoms with Crippen LogP contribution in [0.5, 0.6) is 0 Å². The minimum atomic E-state index is -0.196. The monoisotopic (exact) mass is 278 g/mol. The van der Waals surface area contributed by atoms with Crippen LogP contribution in [-0.2, 0) is 11.2 Å². The van der Waals surface area contributed by atoms with Crippen molar-refractivity contribution in [2.24, 2.45) is 11.8 Å². The van der Waals surface area contributed by atoms with Gasteiger partial charge in [-0.25, -0.2) is 4.39 Å². The molecule has 0 bridgehead atoms. The molecule has 1 saturated heterocycles. The van der Waals surface area contributed by atoms with Crippen molar-refractivity contribution in [1.82, 2.24) is 10.2 Å². The Hall–Kier alpha value is -1.42. The van der Waals surface area contributed by atoms with Crippen molar-refractivity contribution in [3.8, 4) is 0 Å². The van der Waals surface area contributed by atoms with E-state index in [4.69, 9.17) is 0 Å². The number of nitrogens with zero attached hydrogens (tertiary/aromatic N) is 1.